The van der Waals surface area contributed by atoms with Gasteiger partial charge in [0.2, 0.25) is 0 Å². The van der Waals surface area contributed by atoms with Gasteiger partial charge in [0.25, 0.3) is 0 Å². The second kappa shape index (κ2) is 5.58. The minimum Gasteiger partial charge on any atom is -0.497 e. The minimum atomic E-state index is 0.552. The SMILES string of the molecule is COc1ccc2cc(-c3cc(C)ccc3CN)ccc2c1. The Hall–Kier alpha value is -2.32. The molecule has 0 aliphatic heterocycles. The third kappa shape index (κ3) is 2.63. The average molecular weight is 277 g/mol. The van der Waals surface area contributed by atoms with Gasteiger partial charge < -0.3 is 10.5 Å². The van der Waals surface area contributed by atoms with Crippen molar-refractivity contribution in [3.63, 3.8) is 0 Å². The summed E-state index contributed by atoms with van der Waals surface area (Å²) in [6.45, 7) is 2.66. The van der Waals surface area contributed by atoms with Gasteiger partial charge in [-0.2, -0.15) is 0 Å². The number of aryl methyl sites for hydroxylation is 1. The molecule has 0 aliphatic rings. The van der Waals surface area contributed by atoms with Gasteiger partial charge in [0.05, 0.1) is 7.11 Å². The average Bonchev–Trinajstić information content (AvgIpc) is 2.53. The zero-order chi connectivity index (χ0) is 14.8. The molecule has 0 heterocycles. The summed E-state index contributed by atoms with van der Waals surface area (Å²) in [7, 11) is 1.69. The number of fused-ring (bicyclic) bond motifs is 1. The summed E-state index contributed by atoms with van der Waals surface area (Å²) in [6.07, 6.45) is 0. The summed E-state index contributed by atoms with van der Waals surface area (Å²) in [4.78, 5) is 0. The molecule has 0 bridgehead atoms. The van der Waals surface area contributed by atoms with Crippen LogP contribution in [0.2, 0.25) is 0 Å². The highest BCUT2D eigenvalue weighted by Crippen LogP contribution is 2.29. The number of nitrogens with two attached hydrogens (primary N) is 1. The first-order valence-corrected chi connectivity index (χ1v) is 7.09. The fourth-order valence-electron chi connectivity index (χ4n) is 2.66. The van der Waals surface area contributed by atoms with Crippen LogP contribution >= 0.6 is 0 Å². The quantitative estimate of drug-likeness (QED) is 0.775. The first kappa shape index (κ1) is 13.7. The van der Waals surface area contributed by atoms with E-state index in [9.17, 15) is 0 Å². The Morgan fingerprint density at radius 1 is 0.905 bits per heavy atom. The lowest BCUT2D eigenvalue weighted by atomic mass is 9.95. The molecule has 21 heavy (non-hydrogen) atoms. The van der Waals surface area contributed by atoms with E-state index in [1.165, 1.54) is 33.0 Å². The molecule has 0 unspecified atom stereocenters. The summed E-state index contributed by atoms with van der Waals surface area (Å²) in [5, 5.41) is 2.39. The molecule has 2 N–H and O–H groups in total. The minimum absolute atomic E-state index is 0.552. The number of rotatable bonds is 3. The van der Waals surface area contributed by atoms with Crippen LogP contribution in [0.4, 0.5) is 0 Å². The molecule has 0 amide bonds. The van der Waals surface area contributed by atoms with Crippen molar-refractivity contribution in [3.8, 4) is 16.9 Å². The predicted molar refractivity (Wildman–Crippen MR) is 88.6 cm³/mol. The molecule has 2 nitrogen and oxygen atoms in total. The highest BCUT2D eigenvalue weighted by Gasteiger charge is 2.06. The van der Waals surface area contributed by atoms with Crippen molar-refractivity contribution in [2.75, 3.05) is 7.11 Å². The van der Waals surface area contributed by atoms with Gasteiger partial charge in [-0.15, -0.1) is 0 Å². The van der Waals surface area contributed by atoms with E-state index in [2.05, 4.69) is 55.5 Å². The molecular formula is C19H19NO. The van der Waals surface area contributed by atoms with Crippen molar-refractivity contribution in [2.24, 2.45) is 5.73 Å². The Bertz CT molecular complexity index is 793. The van der Waals surface area contributed by atoms with E-state index in [-0.39, 0.29) is 0 Å². The maximum absolute atomic E-state index is 5.87. The second-order valence-electron chi connectivity index (χ2n) is 5.29. The van der Waals surface area contributed by atoms with E-state index in [0.29, 0.717) is 6.54 Å². The van der Waals surface area contributed by atoms with E-state index in [1.807, 2.05) is 6.07 Å². The van der Waals surface area contributed by atoms with Gasteiger partial charge in [-0.1, -0.05) is 42.0 Å². The Balaban J connectivity index is 2.15. The van der Waals surface area contributed by atoms with Gasteiger partial charge in [0.15, 0.2) is 0 Å². The third-order valence-corrected chi connectivity index (χ3v) is 3.84. The van der Waals surface area contributed by atoms with Crippen LogP contribution in [-0.2, 0) is 6.54 Å². The Labute approximate surface area is 125 Å². The number of methoxy groups -OCH3 is 1. The first-order valence-electron chi connectivity index (χ1n) is 7.09. The molecule has 2 heteroatoms. The van der Waals surface area contributed by atoms with Crippen LogP contribution in [0.25, 0.3) is 21.9 Å². The largest absolute Gasteiger partial charge is 0.497 e. The van der Waals surface area contributed by atoms with E-state index in [0.717, 1.165) is 5.75 Å². The summed E-state index contributed by atoms with van der Waals surface area (Å²) in [6, 6.07) is 19.1. The van der Waals surface area contributed by atoms with Gasteiger partial charge in [0, 0.05) is 6.54 Å². The van der Waals surface area contributed by atoms with Crippen LogP contribution in [0.3, 0.4) is 0 Å². The van der Waals surface area contributed by atoms with Crippen LogP contribution in [0.15, 0.2) is 54.6 Å². The third-order valence-electron chi connectivity index (χ3n) is 3.84. The molecule has 0 radical (unpaired) electrons. The molecule has 0 saturated heterocycles. The van der Waals surface area contributed by atoms with Crippen LogP contribution < -0.4 is 10.5 Å². The Morgan fingerprint density at radius 2 is 1.67 bits per heavy atom. The fraction of sp³-hybridized carbons (Fsp3) is 0.158. The normalized spacial score (nSPS) is 10.8. The van der Waals surface area contributed by atoms with Crippen molar-refractivity contribution in [1.29, 1.82) is 0 Å². The number of benzene rings is 3. The summed E-state index contributed by atoms with van der Waals surface area (Å²) >= 11 is 0. The Kier molecular flexibility index (Phi) is 3.63. The molecule has 0 aliphatic carbocycles. The van der Waals surface area contributed by atoms with E-state index in [1.54, 1.807) is 7.11 Å². The van der Waals surface area contributed by atoms with Crippen LogP contribution in [0.1, 0.15) is 11.1 Å². The number of hydrogen-bond acceptors (Lipinski definition) is 2. The fourth-order valence-corrected chi connectivity index (χ4v) is 2.66. The summed E-state index contributed by atoms with van der Waals surface area (Å²) < 4.78 is 5.27. The van der Waals surface area contributed by atoms with Gasteiger partial charge in [-0.25, -0.2) is 0 Å². The monoisotopic (exact) mass is 277 g/mol. The highest BCUT2D eigenvalue weighted by molar-refractivity contribution is 5.88. The van der Waals surface area contributed by atoms with Crippen molar-refractivity contribution in [2.45, 2.75) is 13.5 Å². The summed E-state index contributed by atoms with van der Waals surface area (Å²) in [5.41, 5.74) is 10.7. The van der Waals surface area contributed by atoms with Gasteiger partial charge in [0.1, 0.15) is 5.75 Å². The van der Waals surface area contributed by atoms with Crippen molar-refractivity contribution in [3.05, 3.63) is 65.7 Å². The summed E-state index contributed by atoms with van der Waals surface area (Å²) in [5.74, 6) is 0.883. The van der Waals surface area contributed by atoms with Crippen molar-refractivity contribution in [1.82, 2.24) is 0 Å². The lowest BCUT2D eigenvalue weighted by Gasteiger charge is -2.11. The van der Waals surface area contributed by atoms with Crippen molar-refractivity contribution < 1.29 is 4.74 Å². The van der Waals surface area contributed by atoms with Crippen LogP contribution in [-0.4, -0.2) is 7.11 Å². The Morgan fingerprint density at radius 3 is 2.43 bits per heavy atom. The van der Waals surface area contributed by atoms with Gasteiger partial charge in [-0.3, -0.25) is 0 Å². The molecule has 0 spiro atoms. The maximum Gasteiger partial charge on any atom is 0.119 e. The van der Waals surface area contributed by atoms with Crippen molar-refractivity contribution >= 4 is 10.8 Å². The number of ether oxygens (including phenoxy) is 1. The molecule has 3 aromatic rings. The van der Waals surface area contributed by atoms with Gasteiger partial charge in [-0.05, 0) is 52.6 Å². The smallest absolute Gasteiger partial charge is 0.119 e. The molecule has 0 atom stereocenters. The molecule has 0 fully saturated rings. The lowest BCUT2D eigenvalue weighted by Crippen LogP contribution is -1.99. The molecule has 3 aromatic carbocycles. The molecular weight excluding hydrogens is 258 g/mol. The van der Waals surface area contributed by atoms with Crippen LogP contribution in [0, 0.1) is 6.92 Å². The maximum atomic E-state index is 5.87. The van der Waals surface area contributed by atoms with E-state index < -0.39 is 0 Å². The molecule has 106 valence electrons. The second-order valence-corrected chi connectivity index (χ2v) is 5.29. The highest BCUT2D eigenvalue weighted by atomic mass is 16.5. The predicted octanol–water partition coefficient (Wildman–Crippen LogP) is 4.28. The number of hydrogen-bond donors (Lipinski definition) is 1. The zero-order valence-electron chi connectivity index (χ0n) is 12.4. The first-order chi connectivity index (χ1) is 10.2. The topological polar surface area (TPSA) is 35.2 Å². The molecule has 0 aromatic heterocycles. The van der Waals surface area contributed by atoms with Gasteiger partial charge >= 0.3 is 0 Å². The molecule has 0 saturated carbocycles. The molecule has 3 rings (SSSR count). The van der Waals surface area contributed by atoms with Crippen LogP contribution in [0.5, 0.6) is 5.75 Å². The zero-order valence-corrected chi connectivity index (χ0v) is 12.4. The lowest BCUT2D eigenvalue weighted by molar-refractivity contribution is 0.415. The van der Waals surface area contributed by atoms with E-state index >= 15 is 0 Å². The standard InChI is InChI=1S/C19H19NO/c1-13-3-4-17(12-20)19(9-13)16-6-5-15-11-18(21-2)8-7-14(15)10-16/h3-11H,12,20H2,1-2H3. The van der Waals surface area contributed by atoms with E-state index in [4.69, 9.17) is 10.5 Å².